The predicted molar refractivity (Wildman–Crippen MR) is 85.2 cm³/mol. The molecule has 1 fully saturated rings. The lowest BCUT2D eigenvalue weighted by atomic mass is 9.88. The van der Waals surface area contributed by atoms with Crippen LogP contribution in [0.4, 0.5) is 4.79 Å². The van der Waals surface area contributed by atoms with Crippen LogP contribution in [0.25, 0.3) is 0 Å². The molecule has 0 saturated carbocycles. The standard InChI is InChI=1S/C16H26N2O6/c1-16(2,3)24-15(22)18-8-6-7-11(12(18)14(21)23-5)13(20)17(4)9-10-19/h10-12H,6-9H2,1-5H3/t11-,12+/m0/s1. The summed E-state index contributed by atoms with van der Waals surface area (Å²) in [6, 6.07) is -1.06. The van der Waals surface area contributed by atoms with Crippen LogP contribution in [-0.2, 0) is 23.9 Å². The van der Waals surface area contributed by atoms with Crippen molar-refractivity contribution in [3.8, 4) is 0 Å². The molecule has 0 aromatic heterocycles. The number of carbonyl (C=O) groups excluding carboxylic acids is 4. The fraction of sp³-hybridized carbons (Fsp3) is 0.750. The molecule has 136 valence electrons. The second kappa shape index (κ2) is 8.12. The Hall–Kier alpha value is -2.12. The van der Waals surface area contributed by atoms with E-state index in [0.29, 0.717) is 25.7 Å². The molecule has 1 rings (SSSR count). The summed E-state index contributed by atoms with van der Waals surface area (Å²) in [6.07, 6.45) is 0.937. The van der Waals surface area contributed by atoms with Crippen LogP contribution < -0.4 is 0 Å². The van der Waals surface area contributed by atoms with E-state index in [4.69, 9.17) is 9.47 Å². The minimum absolute atomic E-state index is 0.0737. The van der Waals surface area contributed by atoms with Crippen LogP contribution in [-0.4, -0.2) is 72.9 Å². The highest BCUT2D eigenvalue weighted by atomic mass is 16.6. The fourth-order valence-electron chi connectivity index (χ4n) is 2.68. The summed E-state index contributed by atoms with van der Waals surface area (Å²) in [5, 5.41) is 0. The number of hydrogen-bond donors (Lipinski definition) is 0. The quantitative estimate of drug-likeness (QED) is 0.555. The third kappa shape index (κ3) is 4.94. The molecule has 1 aliphatic rings. The molecule has 0 unspecified atom stereocenters. The van der Waals surface area contributed by atoms with Gasteiger partial charge in [-0.05, 0) is 33.6 Å². The third-order valence-electron chi connectivity index (χ3n) is 3.74. The third-order valence-corrected chi connectivity index (χ3v) is 3.74. The average molecular weight is 342 g/mol. The molecule has 0 bridgehead atoms. The van der Waals surface area contributed by atoms with Gasteiger partial charge in [-0.15, -0.1) is 0 Å². The summed E-state index contributed by atoms with van der Waals surface area (Å²) in [7, 11) is 2.69. The number of carbonyl (C=O) groups is 4. The maximum atomic E-state index is 12.6. The lowest BCUT2D eigenvalue weighted by molar-refractivity contribution is -0.156. The van der Waals surface area contributed by atoms with Gasteiger partial charge in [0.25, 0.3) is 0 Å². The Balaban J connectivity index is 3.07. The molecular formula is C16H26N2O6. The van der Waals surface area contributed by atoms with E-state index in [-0.39, 0.29) is 12.5 Å². The number of likely N-dealkylation sites (N-methyl/N-ethyl adjacent to an activating group) is 1. The molecule has 0 radical (unpaired) electrons. The van der Waals surface area contributed by atoms with Gasteiger partial charge in [0.15, 0.2) is 0 Å². The van der Waals surface area contributed by atoms with Gasteiger partial charge in [-0.25, -0.2) is 9.59 Å². The predicted octanol–water partition coefficient (Wildman–Crippen LogP) is 0.832. The van der Waals surface area contributed by atoms with Gasteiger partial charge < -0.3 is 19.2 Å². The Kier molecular flexibility index (Phi) is 6.74. The number of piperidine rings is 1. The molecule has 2 amide bonds. The zero-order valence-electron chi connectivity index (χ0n) is 14.9. The van der Waals surface area contributed by atoms with Crippen molar-refractivity contribution in [3.63, 3.8) is 0 Å². The van der Waals surface area contributed by atoms with E-state index in [1.54, 1.807) is 20.8 Å². The van der Waals surface area contributed by atoms with Crippen LogP contribution >= 0.6 is 0 Å². The number of aldehydes is 1. The topological polar surface area (TPSA) is 93.2 Å². The minimum atomic E-state index is -1.06. The highest BCUT2D eigenvalue weighted by molar-refractivity contribution is 5.90. The van der Waals surface area contributed by atoms with Gasteiger partial charge in [0.1, 0.15) is 17.9 Å². The number of methoxy groups -OCH3 is 1. The molecule has 0 aliphatic carbocycles. The van der Waals surface area contributed by atoms with Crippen LogP contribution in [0.1, 0.15) is 33.6 Å². The highest BCUT2D eigenvalue weighted by Gasteiger charge is 2.45. The zero-order valence-corrected chi connectivity index (χ0v) is 14.9. The number of ether oxygens (including phenoxy) is 2. The van der Waals surface area contributed by atoms with Crippen molar-refractivity contribution >= 4 is 24.3 Å². The molecule has 1 aliphatic heterocycles. The Morgan fingerprint density at radius 1 is 1.29 bits per heavy atom. The minimum Gasteiger partial charge on any atom is -0.467 e. The Bertz CT molecular complexity index is 499. The van der Waals surface area contributed by atoms with Crippen molar-refractivity contribution in [1.82, 2.24) is 9.80 Å². The van der Waals surface area contributed by atoms with Gasteiger partial charge in [-0.1, -0.05) is 0 Å². The summed E-state index contributed by atoms with van der Waals surface area (Å²) in [5.41, 5.74) is -0.719. The largest absolute Gasteiger partial charge is 0.467 e. The Labute approximate surface area is 142 Å². The van der Waals surface area contributed by atoms with Gasteiger partial charge in [-0.2, -0.15) is 0 Å². The van der Waals surface area contributed by atoms with Gasteiger partial charge in [0, 0.05) is 13.6 Å². The van der Waals surface area contributed by atoms with Crippen molar-refractivity contribution in [2.75, 3.05) is 27.2 Å². The number of rotatable bonds is 4. The molecule has 1 saturated heterocycles. The molecule has 2 atom stereocenters. The summed E-state index contributed by atoms with van der Waals surface area (Å²) in [6.45, 7) is 5.40. The monoisotopic (exact) mass is 342 g/mol. The van der Waals surface area contributed by atoms with E-state index < -0.39 is 29.6 Å². The molecule has 1 heterocycles. The number of likely N-dealkylation sites (tertiary alicyclic amines) is 1. The van der Waals surface area contributed by atoms with Crippen molar-refractivity contribution in [1.29, 1.82) is 0 Å². The molecule has 0 spiro atoms. The number of esters is 1. The van der Waals surface area contributed by atoms with E-state index in [2.05, 4.69) is 0 Å². The van der Waals surface area contributed by atoms with Crippen LogP contribution in [0.3, 0.4) is 0 Å². The molecular weight excluding hydrogens is 316 g/mol. The molecule has 8 nitrogen and oxygen atoms in total. The molecule has 0 aromatic carbocycles. The Morgan fingerprint density at radius 3 is 2.42 bits per heavy atom. The van der Waals surface area contributed by atoms with E-state index in [1.165, 1.54) is 24.0 Å². The first kappa shape index (κ1) is 19.9. The van der Waals surface area contributed by atoms with Gasteiger partial charge >= 0.3 is 12.1 Å². The van der Waals surface area contributed by atoms with E-state index >= 15 is 0 Å². The number of nitrogens with zero attached hydrogens (tertiary/aromatic N) is 2. The van der Waals surface area contributed by atoms with Crippen LogP contribution in [0.2, 0.25) is 0 Å². The molecule has 0 aromatic rings. The van der Waals surface area contributed by atoms with Crippen LogP contribution in [0.5, 0.6) is 0 Å². The first-order valence-corrected chi connectivity index (χ1v) is 7.88. The van der Waals surface area contributed by atoms with Crippen LogP contribution in [0, 0.1) is 5.92 Å². The second-order valence-electron chi connectivity index (χ2n) is 6.78. The van der Waals surface area contributed by atoms with Crippen molar-refractivity contribution in [3.05, 3.63) is 0 Å². The maximum absolute atomic E-state index is 12.6. The summed E-state index contributed by atoms with van der Waals surface area (Å²) in [5.74, 6) is -1.80. The first-order valence-electron chi connectivity index (χ1n) is 7.88. The van der Waals surface area contributed by atoms with Crippen LogP contribution in [0.15, 0.2) is 0 Å². The van der Waals surface area contributed by atoms with Gasteiger partial charge in [-0.3, -0.25) is 9.69 Å². The number of hydrogen-bond acceptors (Lipinski definition) is 6. The van der Waals surface area contributed by atoms with Crippen molar-refractivity contribution < 1.29 is 28.7 Å². The smallest absolute Gasteiger partial charge is 0.411 e. The van der Waals surface area contributed by atoms with Crippen molar-refractivity contribution in [2.45, 2.75) is 45.3 Å². The SMILES string of the molecule is COC(=O)[C@H]1[C@@H](C(=O)N(C)CC=O)CCCN1C(=O)OC(C)(C)C. The lowest BCUT2D eigenvalue weighted by Crippen LogP contribution is -2.57. The Morgan fingerprint density at radius 2 is 1.92 bits per heavy atom. The second-order valence-corrected chi connectivity index (χ2v) is 6.78. The van der Waals surface area contributed by atoms with Gasteiger partial charge in [0.2, 0.25) is 5.91 Å². The first-order chi connectivity index (χ1) is 11.1. The van der Waals surface area contributed by atoms with Crippen molar-refractivity contribution in [2.24, 2.45) is 5.92 Å². The lowest BCUT2D eigenvalue weighted by Gasteiger charge is -2.40. The normalized spacial score (nSPS) is 21.0. The summed E-state index contributed by atoms with van der Waals surface area (Å²) in [4.78, 5) is 50.3. The average Bonchev–Trinajstić information content (AvgIpc) is 2.51. The highest BCUT2D eigenvalue weighted by Crippen LogP contribution is 2.28. The maximum Gasteiger partial charge on any atom is 0.411 e. The summed E-state index contributed by atoms with van der Waals surface area (Å²) >= 11 is 0. The van der Waals surface area contributed by atoms with E-state index in [1.807, 2.05) is 0 Å². The zero-order chi connectivity index (χ0) is 18.5. The summed E-state index contributed by atoms with van der Waals surface area (Å²) < 4.78 is 10.1. The van der Waals surface area contributed by atoms with Gasteiger partial charge in [0.05, 0.1) is 19.6 Å². The number of amides is 2. The fourth-order valence-corrected chi connectivity index (χ4v) is 2.68. The molecule has 24 heavy (non-hydrogen) atoms. The van der Waals surface area contributed by atoms with E-state index in [9.17, 15) is 19.2 Å². The van der Waals surface area contributed by atoms with E-state index in [0.717, 1.165) is 0 Å². The molecule has 0 N–H and O–H groups in total. The molecule has 8 heteroatoms.